The first-order valence-corrected chi connectivity index (χ1v) is 8.23. The Labute approximate surface area is 121 Å². The predicted octanol–water partition coefficient (Wildman–Crippen LogP) is 4.51. The lowest BCUT2D eigenvalue weighted by atomic mass is 10.1. The summed E-state index contributed by atoms with van der Waals surface area (Å²) in [5, 5.41) is 3.15. The molecular weight excluding hydrogens is 306 g/mol. The van der Waals surface area contributed by atoms with Crippen molar-refractivity contribution < 1.29 is 0 Å². The highest BCUT2D eigenvalue weighted by molar-refractivity contribution is 9.08. The number of fused-ring (bicyclic) bond motifs is 1. The van der Waals surface area contributed by atoms with Crippen molar-refractivity contribution in [3.63, 3.8) is 0 Å². The van der Waals surface area contributed by atoms with Gasteiger partial charge in [0, 0.05) is 29.0 Å². The molecule has 1 nitrogen and oxygen atoms in total. The van der Waals surface area contributed by atoms with Crippen molar-refractivity contribution in [2.24, 2.45) is 0 Å². The van der Waals surface area contributed by atoms with Gasteiger partial charge in [0.25, 0.3) is 0 Å². The van der Waals surface area contributed by atoms with Crippen LogP contribution in [-0.4, -0.2) is 6.54 Å². The number of hydrogen-bond acceptors (Lipinski definition) is 2. The van der Waals surface area contributed by atoms with Crippen molar-refractivity contribution in [1.82, 2.24) is 0 Å². The van der Waals surface area contributed by atoms with Crippen molar-refractivity contribution in [3.8, 4) is 0 Å². The smallest absolute Gasteiger partial charge is 0.0440 e. The zero-order valence-corrected chi connectivity index (χ0v) is 12.9. The molecule has 0 bridgehead atoms. The second kappa shape index (κ2) is 5.06. The third-order valence-electron chi connectivity index (χ3n) is 3.64. The number of anilines is 1. The molecular formula is C15H16BrNS. The minimum atomic E-state index is 0.938. The Balaban J connectivity index is 1.86. The molecule has 0 fully saturated rings. The van der Waals surface area contributed by atoms with Gasteiger partial charge >= 0.3 is 0 Å². The van der Waals surface area contributed by atoms with E-state index in [2.05, 4.69) is 57.4 Å². The molecule has 1 aliphatic rings. The first-order valence-electron chi connectivity index (χ1n) is 6.23. The van der Waals surface area contributed by atoms with Crippen molar-refractivity contribution in [2.75, 3.05) is 11.4 Å². The van der Waals surface area contributed by atoms with Crippen molar-refractivity contribution >= 4 is 33.0 Å². The first-order chi connectivity index (χ1) is 8.78. The highest BCUT2D eigenvalue weighted by atomic mass is 79.9. The van der Waals surface area contributed by atoms with Gasteiger partial charge in [0.05, 0.1) is 0 Å². The number of nitrogens with zero attached hydrogens (tertiary/aromatic N) is 1. The molecule has 1 aliphatic heterocycles. The number of thiophene rings is 1. The largest absolute Gasteiger partial charge is 0.367 e. The maximum absolute atomic E-state index is 3.53. The lowest BCUT2D eigenvalue weighted by Gasteiger charge is -2.29. The number of hydrogen-bond donors (Lipinski definition) is 0. The van der Waals surface area contributed by atoms with E-state index in [1.165, 1.54) is 28.8 Å². The highest BCUT2D eigenvalue weighted by Gasteiger charge is 2.17. The summed E-state index contributed by atoms with van der Waals surface area (Å²) < 4.78 is 0. The van der Waals surface area contributed by atoms with E-state index in [-0.39, 0.29) is 0 Å². The zero-order chi connectivity index (χ0) is 12.5. The molecule has 2 aromatic rings. The molecule has 3 heteroatoms. The van der Waals surface area contributed by atoms with E-state index in [1.54, 1.807) is 4.88 Å². The van der Waals surface area contributed by atoms with Crippen LogP contribution >= 0.6 is 27.3 Å². The molecule has 0 saturated heterocycles. The normalized spacial score (nSPS) is 14.7. The van der Waals surface area contributed by atoms with E-state index in [4.69, 9.17) is 0 Å². The Bertz CT molecular complexity index is 561. The molecule has 18 heavy (non-hydrogen) atoms. The number of benzene rings is 1. The van der Waals surface area contributed by atoms with Crippen LogP contribution < -0.4 is 4.90 Å². The van der Waals surface area contributed by atoms with E-state index in [0.29, 0.717) is 0 Å². The number of halogens is 1. The Morgan fingerprint density at radius 1 is 1.33 bits per heavy atom. The van der Waals surface area contributed by atoms with E-state index in [0.717, 1.165) is 18.4 Å². The Morgan fingerprint density at radius 2 is 2.22 bits per heavy atom. The molecule has 0 aliphatic carbocycles. The van der Waals surface area contributed by atoms with Gasteiger partial charge in [0.15, 0.2) is 0 Å². The van der Waals surface area contributed by atoms with Crippen LogP contribution in [0.4, 0.5) is 5.69 Å². The Morgan fingerprint density at radius 3 is 3.00 bits per heavy atom. The fourth-order valence-corrected chi connectivity index (χ4v) is 4.01. The lowest BCUT2D eigenvalue weighted by Crippen LogP contribution is -2.29. The van der Waals surface area contributed by atoms with Gasteiger partial charge in [-0.25, -0.2) is 0 Å². The molecule has 0 spiro atoms. The van der Waals surface area contributed by atoms with Crippen LogP contribution in [-0.2, 0) is 18.3 Å². The van der Waals surface area contributed by atoms with Crippen LogP contribution in [0.15, 0.2) is 29.6 Å². The van der Waals surface area contributed by atoms with Gasteiger partial charge in [0.1, 0.15) is 0 Å². The van der Waals surface area contributed by atoms with Crippen LogP contribution in [0.1, 0.15) is 21.6 Å². The third kappa shape index (κ3) is 2.21. The molecule has 2 heterocycles. The van der Waals surface area contributed by atoms with Crippen LogP contribution in [0, 0.1) is 6.92 Å². The second-order valence-electron chi connectivity index (χ2n) is 4.78. The molecule has 1 aromatic heterocycles. The molecule has 0 unspecified atom stereocenters. The maximum Gasteiger partial charge on any atom is 0.0440 e. The van der Waals surface area contributed by atoms with Crippen molar-refractivity contribution in [3.05, 3.63) is 51.2 Å². The third-order valence-corrected chi connectivity index (χ3v) is 5.27. The fraction of sp³-hybridized carbons (Fsp3) is 0.333. The first kappa shape index (κ1) is 12.2. The van der Waals surface area contributed by atoms with Gasteiger partial charge in [-0.15, -0.1) is 11.3 Å². The molecule has 0 amide bonds. The summed E-state index contributed by atoms with van der Waals surface area (Å²) in [7, 11) is 0. The van der Waals surface area contributed by atoms with Crippen molar-refractivity contribution in [1.29, 1.82) is 0 Å². The summed E-state index contributed by atoms with van der Waals surface area (Å²) in [6.45, 7) is 4.40. The zero-order valence-electron chi connectivity index (χ0n) is 10.4. The van der Waals surface area contributed by atoms with Crippen LogP contribution in [0.3, 0.4) is 0 Å². The Hall–Kier alpha value is -0.800. The predicted molar refractivity (Wildman–Crippen MR) is 82.9 cm³/mol. The topological polar surface area (TPSA) is 3.24 Å². The van der Waals surface area contributed by atoms with Crippen LogP contribution in [0.2, 0.25) is 0 Å². The summed E-state index contributed by atoms with van der Waals surface area (Å²) in [6, 6.07) is 9.07. The van der Waals surface area contributed by atoms with E-state index < -0.39 is 0 Å². The number of aryl methyl sites for hydroxylation is 1. The summed E-state index contributed by atoms with van der Waals surface area (Å²) in [4.78, 5) is 4.06. The lowest BCUT2D eigenvalue weighted by molar-refractivity contribution is 0.743. The van der Waals surface area contributed by atoms with Gasteiger partial charge in [-0.1, -0.05) is 22.0 Å². The van der Waals surface area contributed by atoms with Gasteiger partial charge < -0.3 is 4.90 Å². The molecule has 0 radical (unpaired) electrons. The number of alkyl halides is 1. The van der Waals surface area contributed by atoms with Crippen LogP contribution in [0.5, 0.6) is 0 Å². The average Bonchev–Trinajstić information content (AvgIpc) is 2.85. The quantitative estimate of drug-likeness (QED) is 0.735. The molecule has 0 N–H and O–H groups in total. The fourth-order valence-electron chi connectivity index (χ4n) is 2.50. The van der Waals surface area contributed by atoms with E-state index in [1.807, 2.05) is 11.3 Å². The summed E-state index contributed by atoms with van der Waals surface area (Å²) in [5.41, 5.74) is 5.62. The molecule has 0 saturated carbocycles. The monoisotopic (exact) mass is 321 g/mol. The van der Waals surface area contributed by atoms with E-state index in [9.17, 15) is 0 Å². The van der Waals surface area contributed by atoms with Gasteiger partial charge in [0.2, 0.25) is 0 Å². The van der Waals surface area contributed by atoms with Gasteiger partial charge in [-0.2, -0.15) is 0 Å². The Kier molecular flexibility index (Phi) is 3.44. The van der Waals surface area contributed by atoms with Crippen molar-refractivity contribution in [2.45, 2.75) is 25.2 Å². The average molecular weight is 322 g/mol. The molecule has 94 valence electrons. The van der Waals surface area contributed by atoms with Gasteiger partial charge in [-0.05, 0) is 53.6 Å². The van der Waals surface area contributed by atoms with Crippen LogP contribution in [0.25, 0.3) is 0 Å². The molecule has 1 aromatic carbocycles. The standard InChI is InChI=1S/C15H16BrNS/c1-11-8-14(3-2-12(11)9-16)17-6-4-15-13(10-17)5-7-18-15/h2-3,5,7-8H,4,6,9-10H2,1H3. The summed E-state index contributed by atoms with van der Waals surface area (Å²) >= 11 is 5.43. The number of rotatable bonds is 2. The minimum absolute atomic E-state index is 0.938. The maximum atomic E-state index is 3.53. The summed E-state index contributed by atoms with van der Waals surface area (Å²) in [6.07, 6.45) is 1.19. The van der Waals surface area contributed by atoms with E-state index >= 15 is 0 Å². The summed E-state index contributed by atoms with van der Waals surface area (Å²) in [5.74, 6) is 0. The minimum Gasteiger partial charge on any atom is -0.367 e. The SMILES string of the molecule is Cc1cc(N2CCc3sccc3C2)ccc1CBr. The highest BCUT2D eigenvalue weighted by Crippen LogP contribution is 2.29. The van der Waals surface area contributed by atoms with Gasteiger partial charge in [-0.3, -0.25) is 0 Å². The second-order valence-corrected chi connectivity index (χ2v) is 6.35. The molecule has 3 rings (SSSR count). The molecule has 0 atom stereocenters.